The fraction of sp³-hybridized carbons (Fsp3) is 0.500. The van der Waals surface area contributed by atoms with Gasteiger partial charge >= 0.3 is 0 Å². The maximum absolute atomic E-state index is 13.2. The second-order valence-electron chi connectivity index (χ2n) is 4.84. The molecule has 4 nitrogen and oxygen atoms in total. The molecule has 1 fully saturated rings. The summed E-state index contributed by atoms with van der Waals surface area (Å²) in [6.45, 7) is 2.36. The van der Waals surface area contributed by atoms with E-state index in [-0.39, 0.29) is 24.1 Å². The van der Waals surface area contributed by atoms with Gasteiger partial charge in [-0.2, -0.15) is 0 Å². The van der Waals surface area contributed by atoms with E-state index in [0.717, 1.165) is 12.1 Å². The Labute approximate surface area is 110 Å². The van der Waals surface area contributed by atoms with Crippen LogP contribution in [0.25, 0.3) is 0 Å². The Kier molecular flexibility index (Phi) is 3.78. The molecule has 1 aromatic carbocycles. The van der Waals surface area contributed by atoms with Crippen LogP contribution in [0.4, 0.5) is 8.78 Å². The summed E-state index contributed by atoms with van der Waals surface area (Å²) < 4.78 is 49.3. The van der Waals surface area contributed by atoms with Crippen molar-refractivity contribution in [3.05, 3.63) is 29.3 Å². The van der Waals surface area contributed by atoms with Gasteiger partial charge in [-0.25, -0.2) is 17.2 Å². The molecule has 1 aliphatic heterocycles. The smallest absolute Gasteiger partial charge is 0.187 e. The van der Waals surface area contributed by atoms with Crippen molar-refractivity contribution in [2.45, 2.75) is 19.5 Å². The Morgan fingerprint density at radius 3 is 2.47 bits per heavy atom. The number of phenolic OH excluding ortho intramolecular Hbond substituents is 1. The van der Waals surface area contributed by atoms with Gasteiger partial charge < -0.3 is 5.11 Å². The highest BCUT2D eigenvalue weighted by Crippen LogP contribution is 2.23. The monoisotopic (exact) mass is 291 g/mol. The normalized spacial score (nSPS) is 23.4. The van der Waals surface area contributed by atoms with E-state index < -0.39 is 27.2 Å². The third-order valence-corrected chi connectivity index (χ3v) is 5.07. The highest BCUT2D eigenvalue weighted by Gasteiger charge is 2.28. The summed E-state index contributed by atoms with van der Waals surface area (Å²) >= 11 is 0. The van der Waals surface area contributed by atoms with Crippen LogP contribution < -0.4 is 0 Å². The standard InChI is InChI=1S/C12H15F2NO3S/c1-8-7-19(17,18)3-2-15(8)6-9-4-10(13)12(16)11(14)5-9/h4-5,8,16H,2-3,6-7H2,1H3. The van der Waals surface area contributed by atoms with Crippen molar-refractivity contribution in [3.8, 4) is 5.75 Å². The molecule has 1 saturated heterocycles. The molecule has 0 aliphatic carbocycles. The fourth-order valence-electron chi connectivity index (χ4n) is 2.21. The number of phenols is 1. The molecular weight excluding hydrogens is 276 g/mol. The Balaban J connectivity index is 2.14. The minimum Gasteiger partial charge on any atom is -0.503 e. The molecule has 1 aliphatic rings. The summed E-state index contributed by atoms with van der Waals surface area (Å²) in [4.78, 5) is 1.85. The highest BCUT2D eigenvalue weighted by atomic mass is 32.2. The minimum atomic E-state index is -3.01. The molecule has 0 radical (unpaired) electrons. The van der Waals surface area contributed by atoms with Crippen LogP contribution in [-0.4, -0.2) is 42.5 Å². The van der Waals surface area contributed by atoms with Gasteiger partial charge in [0.15, 0.2) is 27.2 Å². The topological polar surface area (TPSA) is 57.6 Å². The summed E-state index contributed by atoms with van der Waals surface area (Å²) in [7, 11) is -3.01. The Hall–Kier alpha value is -1.21. The Bertz CT molecular complexity index is 566. The van der Waals surface area contributed by atoms with Crippen LogP contribution in [0.3, 0.4) is 0 Å². The lowest BCUT2D eigenvalue weighted by atomic mass is 10.1. The molecule has 1 heterocycles. The van der Waals surface area contributed by atoms with Crippen LogP contribution in [0, 0.1) is 11.6 Å². The lowest BCUT2D eigenvalue weighted by molar-refractivity contribution is 0.217. The van der Waals surface area contributed by atoms with E-state index in [4.69, 9.17) is 5.11 Å². The first-order chi connectivity index (χ1) is 8.78. The van der Waals surface area contributed by atoms with Gasteiger partial charge in [-0.05, 0) is 24.6 Å². The van der Waals surface area contributed by atoms with E-state index in [2.05, 4.69) is 0 Å². The molecule has 7 heteroatoms. The van der Waals surface area contributed by atoms with Gasteiger partial charge in [0.05, 0.1) is 11.5 Å². The molecular formula is C12H15F2NO3S. The second kappa shape index (κ2) is 5.05. The van der Waals surface area contributed by atoms with Crippen LogP contribution in [-0.2, 0) is 16.4 Å². The van der Waals surface area contributed by atoms with Gasteiger partial charge in [0.1, 0.15) is 0 Å². The average molecular weight is 291 g/mol. The predicted molar refractivity (Wildman–Crippen MR) is 66.5 cm³/mol. The van der Waals surface area contributed by atoms with E-state index in [1.54, 1.807) is 6.92 Å². The first kappa shape index (κ1) is 14.2. The van der Waals surface area contributed by atoms with Crippen molar-refractivity contribution in [1.29, 1.82) is 0 Å². The van der Waals surface area contributed by atoms with Crippen molar-refractivity contribution >= 4 is 9.84 Å². The molecule has 0 bridgehead atoms. The van der Waals surface area contributed by atoms with E-state index in [0.29, 0.717) is 12.1 Å². The number of nitrogens with zero attached hydrogens (tertiary/aromatic N) is 1. The predicted octanol–water partition coefficient (Wildman–Crippen LogP) is 1.29. The molecule has 19 heavy (non-hydrogen) atoms. The molecule has 106 valence electrons. The zero-order valence-corrected chi connectivity index (χ0v) is 11.3. The van der Waals surface area contributed by atoms with Crippen LogP contribution in [0.1, 0.15) is 12.5 Å². The molecule has 0 aromatic heterocycles. The molecule has 0 spiro atoms. The van der Waals surface area contributed by atoms with Gasteiger partial charge in [-0.1, -0.05) is 0 Å². The zero-order valence-electron chi connectivity index (χ0n) is 10.4. The number of hydrogen-bond donors (Lipinski definition) is 1. The van der Waals surface area contributed by atoms with Crippen LogP contribution in [0.5, 0.6) is 5.75 Å². The second-order valence-corrected chi connectivity index (χ2v) is 7.07. The third kappa shape index (κ3) is 3.22. The van der Waals surface area contributed by atoms with Crippen molar-refractivity contribution in [2.24, 2.45) is 0 Å². The van der Waals surface area contributed by atoms with Gasteiger partial charge in [-0.3, -0.25) is 4.90 Å². The lowest BCUT2D eigenvalue weighted by Gasteiger charge is -2.33. The summed E-state index contributed by atoms with van der Waals surface area (Å²) in [6, 6.07) is 1.93. The summed E-state index contributed by atoms with van der Waals surface area (Å²) in [5, 5.41) is 9.01. The number of benzene rings is 1. The van der Waals surface area contributed by atoms with Crippen LogP contribution in [0.2, 0.25) is 0 Å². The fourth-order valence-corrected chi connectivity index (χ4v) is 3.84. The quantitative estimate of drug-likeness (QED) is 0.892. The van der Waals surface area contributed by atoms with Crippen LogP contribution >= 0.6 is 0 Å². The Morgan fingerprint density at radius 1 is 1.37 bits per heavy atom. The zero-order chi connectivity index (χ0) is 14.2. The molecule has 0 saturated carbocycles. The van der Waals surface area contributed by atoms with E-state index >= 15 is 0 Å². The van der Waals surface area contributed by atoms with E-state index in [1.165, 1.54) is 0 Å². The molecule has 1 unspecified atom stereocenters. The molecule has 0 amide bonds. The minimum absolute atomic E-state index is 0.0516. The number of sulfone groups is 1. The molecule has 1 atom stereocenters. The summed E-state index contributed by atoms with van der Waals surface area (Å²) in [5.74, 6) is -2.89. The Morgan fingerprint density at radius 2 is 1.95 bits per heavy atom. The molecule has 1 aromatic rings. The number of aromatic hydroxyl groups is 1. The first-order valence-corrected chi connectivity index (χ1v) is 7.72. The maximum atomic E-state index is 13.2. The van der Waals surface area contributed by atoms with Crippen molar-refractivity contribution < 1.29 is 22.3 Å². The van der Waals surface area contributed by atoms with Crippen molar-refractivity contribution in [1.82, 2.24) is 4.90 Å². The first-order valence-electron chi connectivity index (χ1n) is 5.90. The SMILES string of the molecule is CC1CS(=O)(=O)CCN1Cc1cc(F)c(O)c(F)c1. The van der Waals surface area contributed by atoms with E-state index in [9.17, 15) is 17.2 Å². The van der Waals surface area contributed by atoms with E-state index in [1.807, 2.05) is 4.90 Å². The van der Waals surface area contributed by atoms with Gasteiger partial charge in [0.2, 0.25) is 0 Å². The van der Waals surface area contributed by atoms with Crippen LogP contribution in [0.15, 0.2) is 12.1 Å². The number of rotatable bonds is 2. The molecule has 2 rings (SSSR count). The maximum Gasteiger partial charge on any atom is 0.187 e. The van der Waals surface area contributed by atoms with Gasteiger partial charge in [0, 0.05) is 19.1 Å². The summed E-state index contributed by atoms with van der Waals surface area (Å²) in [5.41, 5.74) is 0.374. The summed E-state index contributed by atoms with van der Waals surface area (Å²) in [6.07, 6.45) is 0. The largest absolute Gasteiger partial charge is 0.503 e. The molecule has 1 N–H and O–H groups in total. The third-order valence-electron chi connectivity index (χ3n) is 3.27. The average Bonchev–Trinajstić information content (AvgIpc) is 2.29. The number of hydrogen-bond acceptors (Lipinski definition) is 4. The lowest BCUT2D eigenvalue weighted by Crippen LogP contribution is -2.46. The van der Waals surface area contributed by atoms with Crippen molar-refractivity contribution in [2.75, 3.05) is 18.1 Å². The number of halogens is 2. The van der Waals surface area contributed by atoms with Gasteiger partial charge in [-0.15, -0.1) is 0 Å². The van der Waals surface area contributed by atoms with Crippen molar-refractivity contribution in [3.63, 3.8) is 0 Å². The highest BCUT2D eigenvalue weighted by molar-refractivity contribution is 7.91. The van der Waals surface area contributed by atoms with Gasteiger partial charge in [0.25, 0.3) is 0 Å².